The van der Waals surface area contributed by atoms with Gasteiger partial charge in [0, 0.05) is 23.7 Å². The summed E-state index contributed by atoms with van der Waals surface area (Å²) < 4.78 is 20.0. The first-order chi connectivity index (χ1) is 12.1. The van der Waals surface area contributed by atoms with Crippen LogP contribution in [0, 0.1) is 22.9 Å². The monoisotopic (exact) mass is 344 g/mol. The molecule has 0 aromatic heterocycles. The Hall–Kier alpha value is -2.47. The summed E-state index contributed by atoms with van der Waals surface area (Å²) in [4.78, 5) is 13.0. The predicted octanol–water partition coefficient (Wildman–Crippen LogP) is 4.18. The highest BCUT2D eigenvalue weighted by Gasteiger charge is 2.17. The summed E-state index contributed by atoms with van der Waals surface area (Å²) in [6.07, 6.45) is 2.38. The van der Waals surface area contributed by atoms with E-state index in [1.165, 1.54) is 25.0 Å². The third-order valence-corrected chi connectivity index (χ3v) is 4.54. The number of nitro groups is 1. The van der Waals surface area contributed by atoms with Gasteiger partial charge in [-0.3, -0.25) is 15.0 Å². The third kappa shape index (κ3) is 3.96. The predicted molar refractivity (Wildman–Crippen MR) is 94.4 cm³/mol. The average Bonchev–Trinajstić information content (AvgIpc) is 3.10. The second-order valence-electron chi connectivity index (χ2n) is 6.27. The van der Waals surface area contributed by atoms with E-state index < -0.39 is 10.7 Å². The van der Waals surface area contributed by atoms with E-state index in [2.05, 4.69) is 4.90 Å². The number of benzene rings is 2. The minimum atomic E-state index is -0.456. The number of para-hydroxylation sites is 1. The summed E-state index contributed by atoms with van der Waals surface area (Å²) in [6, 6.07) is 9.55. The van der Waals surface area contributed by atoms with Crippen molar-refractivity contribution in [1.29, 1.82) is 0 Å². The van der Waals surface area contributed by atoms with Crippen LogP contribution < -0.4 is 4.74 Å². The molecule has 5 nitrogen and oxygen atoms in total. The topological polar surface area (TPSA) is 55.6 Å². The third-order valence-electron chi connectivity index (χ3n) is 4.54. The Labute approximate surface area is 146 Å². The molecule has 3 rings (SSSR count). The summed E-state index contributed by atoms with van der Waals surface area (Å²) in [6.45, 7) is 4.93. The van der Waals surface area contributed by atoms with Crippen molar-refractivity contribution in [2.75, 3.05) is 26.2 Å². The lowest BCUT2D eigenvalue weighted by atomic mass is 10.0. The van der Waals surface area contributed by atoms with Crippen LogP contribution >= 0.6 is 0 Å². The van der Waals surface area contributed by atoms with Gasteiger partial charge in [0.25, 0.3) is 5.69 Å². The van der Waals surface area contributed by atoms with Crippen LogP contribution in [-0.2, 0) is 0 Å². The number of rotatable bonds is 6. The molecule has 1 aliphatic heterocycles. The Kier molecular flexibility index (Phi) is 5.28. The molecule has 132 valence electrons. The van der Waals surface area contributed by atoms with Gasteiger partial charge in [-0.15, -0.1) is 0 Å². The lowest BCUT2D eigenvalue weighted by molar-refractivity contribution is -0.385. The first-order valence-electron chi connectivity index (χ1n) is 8.45. The second kappa shape index (κ2) is 7.61. The average molecular weight is 344 g/mol. The van der Waals surface area contributed by atoms with E-state index in [1.807, 2.05) is 0 Å². The van der Waals surface area contributed by atoms with E-state index >= 15 is 0 Å². The maximum Gasteiger partial charge on any atom is 0.272 e. The fourth-order valence-corrected chi connectivity index (χ4v) is 3.14. The molecule has 1 heterocycles. The maximum absolute atomic E-state index is 14.3. The minimum absolute atomic E-state index is 0.0183. The molecular weight excluding hydrogens is 323 g/mol. The molecular formula is C19H21FN2O3. The van der Waals surface area contributed by atoms with Gasteiger partial charge in [0.15, 0.2) is 11.6 Å². The quantitative estimate of drug-likeness (QED) is 0.582. The molecule has 0 unspecified atom stereocenters. The Morgan fingerprint density at radius 1 is 1.24 bits per heavy atom. The highest BCUT2D eigenvalue weighted by molar-refractivity contribution is 5.73. The molecule has 0 amide bonds. The van der Waals surface area contributed by atoms with Gasteiger partial charge in [-0.2, -0.15) is 0 Å². The van der Waals surface area contributed by atoms with Crippen molar-refractivity contribution in [3.05, 3.63) is 57.9 Å². The standard InChI is InChI=1S/C19H21FN2O3/c1-14-7-8-15(13-18(14)22(23)24)16-5-4-6-17(20)19(16)25-12-11-21-9-2-3-10-21/h4-8,13H,2-3,9-12H2,1H3. The smallest absolute Gasteiger partial charge is 0.272 e. The van der Waals surface area contributed by atoms with Crippen molar-refractivity contribution in [1.82, 2.24) is 4.90 Å². The number of hydrogen-bond acceptors (Lipinski definition) is 4. The number of ether oxygens (including phenoxy) is 1. The first kappa shape index (κ1) is 17.4. The fourth-order valence-electron chi connectivity index (χ4n) is 3.14. The van der Waals surface area contributed by atoms with Gasteiger partial charge in [-0.05, 0) is 44.5 Å². The Balaban J connectivity index is 1.85. The highest BCUT2D eigenvalue weighted by atomic mass is 19.1. The van der Waals surface area contributed by atoms with Crippen LogP contribution in [0.2, 0.25) is 0 Å². The SMILES string of the molecule is Cc1ccc(-c2cccc(F)c2OCCN2CCCC2)cc1[N+](=O)[O-]. The van der Waals surface area contributed by atoms with Crippen molar-refractivity contribution >= 4 is 5.69 Å². The van der Waals surface area contributed by atoms with Gasteiger partial charge in [0.1, 0.15) is 6.61 Å². The van der Waals surface area contributed by atoms with Gasteiger partial charge in [0.05, 0.1) is 4.92 Å². The zero-order valence-corrected chi connectivity index (χ0v) is 14.2. The van der Waals surface area contributed by atoms with Crippen LogP contribution in [0.4, 0.5) is 10.1 Å². The highest BCUT2D eigenvalue weighted by Crippen LogP contribution is 2.35. The molecule has 1 aliphatic rings. The minimum Gasteiger partial charge on any atom is -0.489 e. The summed E-state index contributed by atoms with van der Waals surface area (Å²) >= 11 is 0. The van der Waals surface area contributed by atoms with Crippen LogP contribution in [-0.4, -0.2) is 36.1 Å². The van der Waals surface area contributed by atoms with Crippen molar-refractivity contribution in [3.8, 4) is 16.9 Å². The van der Waals surface area contributed by atoms with Crippen LogP contribution in [0.15, 0.2) is 36.4 Å². The zero-order valence-electron chi connectivity index (χ0n) is 14.2. The van der Waals surface area contributed by atoms with Crippen molar-refractivity contribution in [2.45, 2.75) is 19.8 Å². The molecule has 0 atom stereocenters. The van der Waals surface area contributed by atoms with Crippen LogP contribution in [0.1, 0.15) is 18.4 Å². The summed E-state index contributed by atoms with van der Waals surface area (Å²) in [5, 5.41) is 11.2. The van der Waals surface area contributed by atoms with E-state index in [4.69, 9.17) is 4.74 Å². The second-order valence-corrected chi connectivity index (χ2v) is 6.27. The first-order valence-corrected chi connectivity index (χ1v) is 8.45. The van der Waals surface area contributed by atoms with Gasteiger partial charge in [-0.1, -0.05) is 24.3 Å². The molecule has 1 fully saturated rings. The Morgan fingerprint density at radius 2 is 2.00 bits per heavy atom. The number of likely N-dealkylation sites (tertiary alicyclic amines) is 1. The number of aryl methyl sites for hydroxylation is 1. The number of hydrogen-bond donors (Lipinski definition) is 0. The van der Waals surface area contributed by atoms with E-state index in [1.54, 1.807) is 31.2 Å². The molecule has 0 N–H and O–H groups in total. The summed E-state index contributed by atoms with van der Waals surface area (Å²) in [7, 11) is 0. The van der Waals surface area contributed by atoms with Gasteiger partial charge >= 0.3 is 0 Å². The Morgan fingerprint density at radius 3 is 2.72 bits per heavy atom. The lowest BCUT2D eigenvalue weighted by Crippen LogP contribution is -2.25. The van der Waals surface area contributed by atoms with E-state index in [9.17, 15) is 14.5 Å². The van der Waals surface area contributed by atoms with E-state index in [0.29, 0.717) is 23.3 Å². The lowest BCUT2D eigenvalue weighted by Gasteiger charge is -2.17. The van der Waals surface area contributed by atoms with Gasteiger partial charge in [-0.25, -0.2) is 4.39 Å². The largest absolute Gasteiger partial charge is 0.489 e. The van der Waals surface area contributed by atoms with E-state index in [-0.39, 0.29) is 11.4 Å². The number of nitro benzene ring substituents is 1. The summed E-state index contributed by atoms with van der Waals surface area (Å²) in [5.74, 6) is -0.304. The van der Waals surface area contributed by atoms with Crippen molar-refractivity contribution in [2.24, 2.45) is 0 Å². The van der Waals surface area contributed by atoms with Crippen LogP contribution in [0.25, 0.3) is 11.1 Å². The molecule has 0 saturated carbocycles. The zero-order chi connectivity index (χ0) is 17.8. The van der Waals surface area contributed by atoms with Crippen LogP contribution in [0.5, 0.6) is 5.75 Å². The number of nitrogens with zero attached hydrogens (tertiary/aromatic N) is 2. The van der Waals surface area contributed by atoms with E-state index in [0.717, 1.165) is 19.6 Å². The molecule has 0 spiro atoms. The van der Waals surface area contributed by atoms with Gasteiger partial charge < -0.3 is 4.74 Å². The summed E-state index contributed by atoms with van der Waals surface area (Å²) in [5.41, 5.74) is 1.70. The van der Waals surface area contributed by atoms with Gasteiger partial charge in [0.2, 0.25) is 0 Å². The molecule has 2 aromatic carbocycles. The molecule has 0 aliphatic carbocycles. The molecule has 0 radical (unpaired) electrons. The molecule has 25 heavy (non-hydrogen) atoms. The van der Waals surface area contributed by atoms with Crippen molar-refractivity contribution in [3.63, 3.8) is 0 Å². The molecule has 0 bridgehead atoms. The molecule has 1 saturated heterocycles. The Bertz CT molecular complexity index is 773. The maximum atomic E-state index is 14.3. The molecule has 2 aromatic rings. The number of halogens is 1. The molecule has 6 heteroatoms. The fraction of sp³-hybridized carbons (Fsp3) is 0.368. The normalized spacial score (nSPS) is 14.6. The van der Waals surface area contributed by atoms with Crippen molar-refractivity contribution < 1.29 is 14.1 Å². The van der Waals surface area contributed by atoms with Crippen LogP contribution in [0.3, 0.4) is 0 Å².